The maximum Gasteiger partial charge on any atom is 0.422 e. The number of H-pyrrole nitrogens is 1. The SMILES string of the molecule is CCC(=O)Oc1nnc(-c2[nH]c(C)c(C(=O)c3cccc(Br)c3)c2C)o1. The second kappa shape index (κ2) is 7.25. The van der Waals surface area contributed by atoms with Crippen molar-refractivity contribution in [3.8, 4) is 17.7 Å². The van der Waals surface area contributed by atoms with Gasteiger partial charge in [0.2, 0.25) is 0 Å². The van der Waals surface area contributed by atoms with Gasteiger partial charge in [0.25, 0.3) is 5.89 Å². The standard InChI is InChI=1S/C18H16BrN3O4/c1-4-13(23)25-18-22-21-17(26-18)15-9(2)14(10(3)20-15)16(24)11-6-5-7-12(19)8-11/h5-8,20H,4H2,1-3H3. The number of esters is 1. The van der Waals surface area contributed by atoms with Crippen LogP contribution in [0.15, 0.2) is 33.2 Å². The third-order valence-electron chi connectivity index (χ3n) is 3.86. The zero-order valence-electron chi connectivity index (χ0n) is 14.4. The van der Waals surface area contributed by atoms with Crippen LogP contribution in [0.4, 0.5) is 0 Å². The predicted molar refractivity (Wildman–Crippen MR) is 97.1 cm³/mol. The molecule has 26 heavy (non-hydrogen) atoms. The van der Waals surface area contributed by atoms with E-state index in [1.165, 1.54) is 0 Å². The molecule has 7 nitrogen and oxygen atoms in total. The van der Waals surface area contributed by atoms with Gasteiger partial charge in [-0.1, -0.05) is 40.1 Å². The maximum absolute atomic E-state index is 12.9. The van der Waals surface area contributed by atoms with Crippen molar-refractivity contribution < 1.29 is 18.7 Å². The van der Waals surface area contributed by atoms with Crippen LogP contribution in [-0.4, -0.2) is 26.9 Å². The van der Waals surface area contributed by atoms with Crippen LogP contribution in [0.5, 0.6) is 6.08 Å². The summed E-state index contributed by atoms with van der Waals surface area (Å²) in [5.41, 5.74) is 3.01. The van der Waals surface area contributed by atoms with Gasteiger partial charge >= 0.3 is 12.0 Å². The molecule has 2 heterocycles. The van der Waals surface area contributed by atoms with E-state index in [4.69, 9.17) is 9.15 Å². The van der Waals surface area contributed by atoms with E-state index >= 15 is 0 Å². The van der Waals surface area contributed by atoms with Gasteiger partial charge in [0, 0.05) is 27.7 Å². The number of hydrogen-bond acceptors (Lipinski definition) is 6. The van der Waals surface area contributed by atoms with Crippen molar-refractivity contribution in [2.24, 2.45) is 0 Å². The highest BCUT2D eigenvalue weighted by Gasteiger charge is 2.23. The number of hydrogen-bond donors (Lipinski definition) is 1. The van der Waals surface area contributed by atoms with E-state index in [1.807, 2.05) is 12.1 Å². The monoisotopic (exact) mass is 417 g/mol. The summed E-state index contributed by atoms with van der Waals surface area (Å²) in [6.07, 6.45) is -0.0257. The Labute approximate surface area is 157 Å². The molecule has 0 spiro atoms. The molecule has 2 aromatic heterocycles. The molecule has 0 bridgehead atoms. The minimum Gasteiger partial charge on any atom is -0.387 e. The Bertz CT molecular complexity index is 990. The lowest BCUT2D eigenvalue weighted by molar-refractivity contribution is -0.135. The maximum atomic E-state index is 12.9. The second-order valence-corrected chi connectivity index (χ2v) is 6.58. The number of benzene rings is 1. The molecule has 8 heteroatoms. The molecular weight excluding hydrogens is 402 g/mol. The minimum atomic E-state index is -0.467. The molecule has 1 aromatic carbocycles. The Hall–Kier alpha value is -2.74. The van der Waals surface area contributed by atoms with Crippen LogP contribution < -0.4 is 4.74 Å². The van der Waals surface area contributed by atoms with Crippen molar-refractivity contribution in [3.63, 3.8) is 0 Å². The first kappa shape index (κ1) is 18.1. The Morgan fingerprint density at radius 2 is 2.04 bits per heavy atom. The van der Waals surface area contributed by atoms with E-state index in [-0.39, 0.29) is 24.2 Å². The molecule has 0 saturated carbocycles. The highest BCUT2D eigenvalue weighted by Crippen LogP contribution is 2.30. The van der Waals surface area contributed by atoms with Crippen molar-refractivity contribution in [2.75, 3.05) is 0 Å². The van der Waals surface area contributed by atoms with E-state index in [1.54, 1.807) is 32.9 Å². The Morgan fingerprint density at radius 3 is 2.73 bits per heavy atom. The molecule has 0 radical (unpaired) electrons. The number of aromatic nitrogens is 3. The number of ketones is 1. The van der Waals surface area contributed by atoms with Gasteiger partial charge < -0.3 is 14.1 Å². The molecule has 0 unspecified atom stereocenters. The van der Waals surface area contributed by atoms with Crippen molar-refractivity contribution in [1.29, 1.82) is 0 Å². The van der Waals surface area contributed by atoms with Crippen LogP contribution >= 0.6 is 15.9 Å². The third-order valence-corrected chi connectivity index (χ3v) is 4.35. The summed E-state index contributed by atoms with van der Waals surface area (Å²) < 4.78 is 11.1. The average Bonchev–Trinajstić information content (AvgIpc) is 3.18. The zero-order chi connectivity index (χ0) is 18.8. The van der Waals surface area contributed by atoms with E-state index < -0.39 is 5.97 Å². The normalized spacial score (nSPS) is 10.8. The van der Waals surface area contributed by atoms with Crippen LogP contribution in [0.25, 0.3) is 11.6 Å². The Kier molecular flexibility index (Phi) is 5.03. The summed E-state index contributed by atoms with van der Waals surface area (Å²) >= 11 is 3.38. The molecule has 3 rings (SSSR count). The smallest absolute Gasteiger partial charge is 0.387 e. The lowest BCUT2D eigenvalue weighted by atomic mass is 10.00. The first-order valence-electron chi connectivity index (χ1n) is 7.94. The van der Waals surface area contributed by atoms with Gasteiger partial charge in [0.15, 0.2) is 5.78 Å². The first-order valence-corrected chi connectivity index (χ1v) is 8.74. The molecule has 0 amide bonds. The van der Waals surface area contributed by atoms with Gasteiger partial charge in [0.05, 0.1) is 0 Å². The van der Waals surface area contributed by atoms with Crippen LogP contribution in [0.1, 0.15) is 40.5 Å². The summed E-state index contributed by atoms with van der Waals surface area (Å²) in [6, 6.07) is 7.19. The summed E-state index contributed by atoms with van der Waals surface area (Å²) in [7, 11) is 0. The molecule has 0 aliphatic carbocycles. The number of aromatic amines is 1. The molecule has 0 fully saturated rings. The molecule has 0 atom stereocenters. The van der Waals surface area contributed by atoms with Crippen molar-refractivity contribution >= 4 is 27.7 Å². The van der Waals surface area contributed by atoms with Gasteiger partial charge in [-0.05, 0) is 31.5 Å². The molecule has 0 aliphatic heterocycles. The van der Waals surface area contributed by atoms with Crippen LogP contribution in [0, 0.1) is 13.8 Å². The van der Waals surface area contributed by atoms with Gasteiger partial charge in [-0.15, -0.1) is 5.10 Å². The number of halogens is 1. The molecular formula is C18H16BrN3O4. The number of carbonyl (C=O) groups is 2. The highest BCUT2D eigenvalue weighted by atomic mass is 79.9. The lowest BCUT2D eigenvalue weighted by Gasteiger charge is -2.03. The zero-order valence-corrected chi connectivity index (χ0v) is 16.0. The van der Waals surface area contributed by atoms with Gasteiger partial charge in [-0.2, -0.15) is 0 Å². The third kappa shape index (κ3) is 3.45. The number of ether oxygens (including phenoxy) is 1. The molecule has 3 aromatic rings. The van der Waals surface area contributed by atoms with Gasteiger partial charge in [0.1, 0.15) is 5.69 Å². The Balaban J connectivity index is 1.96. The summed E-state index contributed by atoms with van der Waals surface area (Å²) in [6.45, 7) is 5.26. The average molecular weight is 418 g/mol. The van der Waals surface area contributed by atoms with Gasteiger partial charge in [-0.25, -0.2) is 0 Å². The largest absolute Gasteiger partial charge is 0.422 e. The first-order chi connectivity index (χ1) is 12.4. The topological polar surface area (TPSA) is 98.1 Å². The van der Waals surface area contributed by atoms with Gasteiger partial charge in [-0.3, -0.25) is 9.59 Å². The highest BCUT2D eigenvalue weighted by molar-refractivity contribution is 9.10. The van der Waals surface area contributed by atoms with E-state index in [0.717, 1.165) is 4.47 Å². The molecule has 0 saturated heterocycles. The van der Waals surface area contributed by atoms with Crippen molar-refractivity contribution in [2.45, 2.75) is 27.2 Å². The van der Waals surface area contributed by atoms with Crippen LogP contribution in [-0.2, 0) is 4.79 Å². The summed E-state index contributed by atoms with van der Waals surface area (Å²) in [4.78, 5) is 27.3. The molecule has 0 aliphatic rings. The fourth-order valence-corrected chi connectivity index (χ4v) is 3.00. The summed E-state index contributed by atoms with van der Waals surface area (Å²) in [5, 5.41) is 7.60. The van der Waals surface area contributed by atoms with Crippen LogP contribution in [0.3, 0.4) is 0 Å². The number of aryl methyl sites for hydroxylation is 1. The van der Waals surface area contributed by atoms with Crippen LogP contribution in [0.2, 0.25) is 0 Å². The van der Waals surface area contributed by atoms with Crippen molar-refractivity contribution in [1.82, 2.24) is 15.2 Å². The van der Waals surface area contributed by atoms with E-state index in [0.29, 0.717) is 28.1 Å². The number of nitrogens with one attached hydrogen (secondary N) is 1. The fraction of sp³-hybridized carbons (Fsp3) is 0.222. The molecule has 134 valence electrons. The number of rotatable bonds is 5. The number of carbonyl (C=O) groups excluding carboxylic acids is 2. The quantitative estimate of drug-likeness (QED) is 0.497. The molecule has 1 N–H and O–H groups in total. The minimum absolute atomic E-state index is 0.110. The summed E-state index contributed by atoms with van der Waals surface area (Å²) in [5.74, 6) is -0.427. The number of nitrogens with zero attached hydrogens (tertiary/aromatic N) is 2. The van der Waals surface area contributed by atoms with E-state index in [9.17, 15) is 9.59 Å². The van der Waals surface area contributed by atoms with Crippen molar-refractivity contribution in [3.05, 3.63) is 51.1 Å². The lowest BCUT2D eigenvalue weighted by Crippen LogP contribution is -2.05. The fourth-order valence-electron chi connectivity index (χ4n) is 2.60. The second-order valence-electron chi connectivity index (χ2n) is 5.67. The Morgan fingerprint density at radius 1 is 1.27 bits per heavy atom. The van der Waals surface area contributed by atoms with E-state index in [2.05, 4.69) is 31.1 Å². The predicted octanol–water partition coefficient (Wildman–Crippen LogP) is 3.99.